The van der Waals surface area contributed by atoms with E-state index in [-0.39, 0.29) is 0 Å². The zero-order chi connectivity index (χ0) is 14.7. The molecule has 0 aliphatic carbocycles. The molecule has 0 amide bonds. The van der Waals surface area contributed by atoms with E-state index in [4.69, 9.17) is 0 Å². The van der Waals surface area contributed by atoms with Crippen LogP contribution in [-0.4, -0.2) is 13.1 Å². The molecule has 0 aromatic heterocycles. The molecule has 1 nitrogen and oxygen atoms in total. The van der Waals surface area contributed by atoms with Gasteiger partial charge in [0.05, 0.1) is 0 Å². The molecule has 0 saturated carbocycles. The molecule has 1 N–H and O–H groups in total. The maximum absolute atomic E-state index is 3.28. The van der Waals surface area contributed by atoms with Gasteiger partial charge in [0.25, 0.3) is 0 Å². The number of hydrogen-bond acceptors (Lipinski definition) is 1. The molecule has 1 atom stereocenters. The number of fused-ring (bicyclic) bond motifs is 1. The van der Waals surface area contributed by atoms with Gasteiger partial charge in [-0.25, -0.2) is 0 Å². The van der Waals surface area contributed by atoms with Crippen LogP contribution in [0.2, 0.25) is 0 Å². The molecule has 3 rings (SSSR count). The van der Waals surface area contributed by atoms with Gasteiger partial charge in [0.1, 0.15) is 0 Å². The lowest BCUT2D eigenvalue weighted by molar-refractivity contribution is 0.608. The van der Waals surface area contributed by atoms with Crippen LogP contribution in [0.15, 0.2) is 66.7 Å². The summed E-state index contributed by atoms with van der Waals surface area (Å²) in [4.78, 5) is 0. The Morgan fingerprint density at radius 2 is 1.57 bits per heavy atom. The Bertz CT molecular complexity index is 723. The standard InChI is InChI=1S/C20H21N/c1-15(21-2)14-16-10-12-18(13-11-16)20-9-5-7-17-6-3-4-8-19(17)20/h3-13,15,21H,14H2,1-2H3. The summed E-state index contributed by atoms with van der Waals surface area (Å²) in [5.41, 5.74) is 3.97. The second-order valence-electron chi connectivity index (χ2n) is 5.62. The van der Waals surface area contributed by atoms with Crippen molar-refractivity contribution in [3.8, 4) is 11.1 Å². The largest absolute Gasteiger partial charge is 0.317 e. The van der Waals surface area contributed by atoms with Crippen LogP contribution in [0.25, 0.3) is 21.9 Å². The van der Waals surface area contributed by atoms with Crippen LogP contribution in [-0.2, 0) is 6.42 Å². The molecule has 21 heavy (non-hydrogen) atoms. The predicted octanol–water partition coefficient (Wildman–Crippen LogP) is 4.66. The minimum absolute atomic E-state index is 0.508. The maximum Gasteiger partial charge on any atom is 0.00761 e. The molecule has 106 valence electrons. The monoisotopic (exact) mass is 275 g/mol. The fourth-order valence-electron chi connectivity index (χ4n) is 2.75. The van der Waals surface area contributed by atoms with E-state index in [0.717, 1.165) is 6.42 Å². The van der Waals surface area contributed by atoms with E-state index in [0.29, 0.717) is 6.04 Å². The van der Waals surface area contributed by atoms with Gasteiger partial charge < -0.3 is 5.32 Å². The minimum atomic E-state index is 0.508. The summed E-state index contributed by atoms with van der Waals surface area (Å²) in [5, 5.41) is 5.89. The van der Waals surface area contributed by atoms with Gasteiger partial charge in [0.2, 0.25) is 0 Å². The second kappa shape index (κ2) is 6.11. The molecule has 0 saturated heterocycles. The van der Waals surface area contributed by atoms with Crippen molar-refractivity contribution in [2.75, 3.05) is 7.05 Å². The van der Waals surface area contributed by atoms with Crippen LogP contribution in [0, 0.1) is 0 Å². The van der Waals surface area contributed by atoms with Crippen LogP contribution in [0.5, 0.6) is 0 Å². The van der Waals surface area contributed by atoms with Crippen molar-refractivity contribution in [1.29, 1.82) is 0 Å². The Balaban J connectivity index is 1.96. The summed E-state index contributed by atoms with van der Waals surface area (Å²) >= 11 is 0. The van der Waals surface area contributed by atoms with Gasteiger partial charge in [-0.05, 0) is 47.9 Å². The highest BCUT2D eigenvalue weighted by Crippen LogP contribution is 2.28. The summed E-state index contributed by atoms with van der Waals surface area (Å²) in [7, 11) is 2.01. The summed E-state index contributed by atoms with van der Waals surface area (Å²) in [6, 6.07) is 24.5. The molecular weight excluding hydrogens is 254 g/mol. The van der Waals surface area contributed by atoms with Crippen LogP contribution in [0.4, 0.5) is 0 Å². The van der Waals surface area contributed by atoms with E-state index < -0.39 is 0 Å². The zero-order valence-electron chi connectivity index (χ0n) is 12.6. The second-order valence-corrected chi connectivity index (χ2v) is 5.62. The topological polar surface area (TPSA) is 12.0 Å². The molecular formula is C20H21N. The van der Waals surface area contributed by atoms with Gasteiger partial charge in [-0.2, -0.15) is 0 Å². The lowest BCUT2D eigenvalue weighted by atomic mass is 9.96. The Hall–Kier alpha value is -2.12. The third-order valence-electron chi connectivity index (χ3n) is 4.09. The van der Waals surface area contributed by atoms with Crippen molar-refractivity contribution >= 4 is 10.8 Å². The Kier molecular flexibility index (Phi) is 4.03. The highest BCUT2D eigenvalue weighted by molar-refractivity contribution is 5.96. The first-order valence-corrected chi connectivity index (χ1v) is 7.52. The van der Waals surface area contributed by atoms with E-state index in [1.54, 1.807) is 0 Å². The normalized spacial score (nSPS) is 12.5. The molecule has 0 radical (unpaired) electrons. The molecule has 0 spiro atoms. The molecule has 3 aromatic rings. The summed E-state index contributed by atoms with van der Waals surface area (Å²) in [6.45, 7) is 2.21. The van der Waals surface area contributed by atoms with Crippen LogP contribution >= 0.6 is 0 Å². The number of benzene rings is 3. The van der Waals surface area contributed by atoms with Gasteiger partial charge in [-0.3, -0.25) is 0 Å². The molecule has 0 aliphatic heterocycles. The summed E-state index contributed by atoms with van der Waals surface area (Å²) in [6.07, 6.45) is 1.06. The van der Waals surface area contributed by atoms with Gasteiger partial charge in [0, 0.05) is 6.04 Å². The Morgan fingerprint density at radius 3 is 2.33 bits per heavy atom. The Morgan fingerprint density at radius 1 is 0.857 bits per heavy atom. The van der Waals surface area contributed by atoms with Crippen molar-refractivity contribution in [3.05, 3.63) is 72.3 Å². The van der Waals surface area contributed by atoms with Crippen LogP contribution in [0.1, 0.15) is 12.5 Å². The third-order valence-corrected chi connectivity index (χ3v) is 4.09. The molecule has 1 heteroatoms. The smallest absolute Gasteiger partial charge is 0.00761 e. The highest BCUT2D eigenvalue weighted by Gasteiger charge is 2.04. The van der Waals surface area contributed by atoms with Crippen LogP contribution in [0.3, 0.4) is 0 Å². The predicted molar refractivity (Wildman–Crippen MR) is 91.6 cm³/mol. The van der Waals surface area contributed by atoms with Crippen molar-refractivity contribution < 1.29 is 0 Å². The minimum Gasteiger partial charge on any atom is -0.317 e. The fourth-order valence-corrected chi connectivity index (χ4v) is 2.75. The first-order chi connectivity index (χ1) is 10.3. The van der Waals surface area contributed by atoms with Crippen molar-refractivity contribution in [3.63, 3.8) is 0 Å². The van der Waals surface area contributed by atoms with Crippen molar-refractivity contribution in [1.82, 2.24) is 5.32 Å². The highest BCUT2D eigenvalue weighted by atomic mass is 14.8. The quantitative estimate of drug-likeness (QED) is 0.730. The van der Waals surface area contributed by atoms with Gasteiger partial charge in [-0.15, -0.1) is 0 Å². The maximum atomic E-state index is 3.28. The van der Waals surface area contributed by atoms with E-state index in [2.05, 4.69) is 79.0 Å². The van der Waals surface area contributed by atoms with E-state index >= 15 is 0 Å². The van der Waals surface area contributed by atoms with E-state index in [1.807, 2.05) is 7.05 Å². The first kappa shape index (κ1) is 13.8. The van der Waals surface area contributed by atoms with Crippen molar-refractivity contribution in [2.24, 2.45) is 0 Å². The summed E-state index contributed by atoms with van der Waals surface area (Å²) in [5.74, 6) is 0. The lowest BCUT2D eigenvalue weighted by Crippen LogP contribution is -2.23. The Labute approximate surface area is 126 Å². The van der Waals surface area contributed by atoms with Gasteiger partial charge >= 0.3 is 0 Å². The van der Waals surface area contributed by atoms with E-state index in [9.17, 15) is 0 Å². The summed E-state index contributed by atoms with van der Waals surface area (Å²) < 4.78 is 0. The molecule has 1 unspecified atom stereocenters. The number of hydrogen-bond donors (Lipinski definition) is 1. The molecule has 0 bridgehead atoms. The van der Waals surface area contributed by atoms with Crippen molar-refractivity contribution in [2.45, 2.75) is 19.4 Å². The molecule has 0 fully saturated rings. The third kappa shape index (κ3) is 2.98. The molecule has 0 heterocycles. The zero-order valence-corrected chi connectivity index (χ0v) is 12.6. The fraction of sp³-hybridized carbons (Fsp3) is 0.200. The van der Waals surface area contributed by atoms with Gasteiger partial charge in [0.15, 0.2) is 0 Å². The van der Waals surface area contributed by atoms with Crippen LogP contribution < -0.4 is 5.32 Å². The number of rotatable bonds is 4. The lowest BCUT2D eigenvalue weighted by Gasteiger charge is -2.11. The molecule has 0 aliphatic rings. The average molecular weight is 275 g/mol. The van der Waals surface area contributed by atoms with E-state index in [1.165, 1.54) is 27.5 Å². The van der Waals surface area contributed by atoms with Gasteiger partial charge in [-0.1, -0.05) is 66.7 Å². The average Bonchev–Trinajstić information content (AvgIpc) is 2.55. The number of likely N-dealkylation sites (N-methyl/N-ethyl adjacent to an activating group) is 1. The SMILES string of the molecule is CNC(C)Cc1ccc(-c2cccc3ccccc23)cc1. The number of nitrogens with one attached hydrogen (secondary N) is 1. The first-order valence-electron chi connectivity index (χ1n) is 7.52. The molecule has 3 aromatic carbocycles.